The lowest BCUT2D eigenvalue weighted by molar-refractivity contribution is 0.268. The van der Waals surface area contributed by atoms with Crippen molar-refractivity contribution < 1.29 is 5.11 Å². The molecule has 100 valence electrons. The van der Waals surface area contributed by atoms with E-state index in [0.29, 0.717) is 6.04 Å². The van der Waals surface area contributed by atoms with E-state index < -0.39 is 0 Å². The Balaban J connectivity index is 1.98. The molecule has 0 spiro atoms. The van der Waals surface area contributed by atoms with Gasteiger partial charge in [-0.25, -0.2) is 0 Å². The van der Waals surface area contributed by atoms with E-state index in [0.717, 1.165) is 19.5 Å². The third kappa shape index (κ3) is 3.24. The molecule has 0 aliphatic carbocycles. The number of fused-ring (bicyclic) bond motifs is 1. The van der Waals surface area contributed by atoms with E-state index >= 15 is 0 Å². The Hall–Kier alpha value is -1.06. The molecule has 1 unspecified atom stereocenters. The van der Waals surface area contributed by atoms with E-state index in [4.69, 9.17) is 5.11 Å². The van der Waals surface area contributed by atoms with Gasteiger partial charge in [0.05, 0.1) is 0 Å². The Morgan fingerprint density at radius 3 is 3.06 bits per heavy atom. The summed E-state index contributed by atoms with van der Waals surface area (Å²) in [5.74, 6) is 0. The Labute approximate surface area is 110 Å². The Morgan fingerprint density at radius 2 is 2.28 bits per heavy atom. The number of anilines is 1. The molecule has 0 saturated carbocycles. The van der Waals surface area contributed by atoms with E-state index in [1.807, 2.05) is 0 Å². The van der Waals surface area contributed by atoms with Gasteiger partial charge in [-0.15, -0.1) is 0 Å². The van der Waals surface area contributed by atoms with Crippen molar-refractivity contribution in [2.45, 2.75) is 38.8 Å². The van der Waals surface area contributed by atoms with Gasteiger partial charge in [0.15, 0.2) is 0 Å². The van der Waals surface area contributed by atoms with Crippen LogP contribution >= 0.6 is 0 Å². The van der Waals surface area contributed by atoms with Gasteiger partial charge in [-0.05, 0) is 43.4 Å². The lowest BCUT2D eigenvalue weighted by atomic mass is 9.99. The molecule has 3 nitrogen and oxygen atoms in total. The number of aliphatic hydroxyl groups excluding tert-OH is 1. The molecule has 3 heteroatoms. The second-order valence-corrected chi connectivity index (χ2v) is 5.28. The van der Waals surface area contributed by atoms with Crippen LogP contribution in [0.25, 0.3) is 0 Å². The van der Waals surface area contributed by atoms with Crippen molar-refractivity contribution >= 4 is 5.69 Å². The zero-order valence-corrected chi connectivity index (χ0v) is 11.4. The molecule has 0 radical (unpaired) electrons. The van der Waals surface area contributed by atoms with Crippen LogP contribution in [0, 0.1) is 0 Å². The topological polar surface area (TPSA) is 35.5 Å². The summed E-state index contributed by atoms with van der Waals surface area (Å²) in [7, 11) is 2.17. The normalized spacial score (nSPS) is 16.5. The molecule has 1 aromatic carbocycles. The first kappa shape index (κ1) is 13.4. The Bertz CT molecular complexity index is 392. The smallest absolute Gasteiger partial charge is 0.0445 e. The lowest BCUT2D eigenvalue weighted by Crippen LogP contribution is -2.27. The summed E-state index contributed by atoms with van der Waals surface area (Å²) in [6.07, 6.45) is 3.26. The van der Waals surface area contributed by atoms with Crippen LogP contribution in [-0.4, -0.2) is 31.3 Å². The average molecular weight is 248 g/mol. The number of rotatable bonds is 5. The monoisotopic (exact) mass is 248 g/mol. The number of aryl methyl sites for hydroxylation is 1. The summed E-state index contributed by atoms with van der Waals surface area (Å²) in [6.45, 7) is 4.42. The van der Waals surface area contributed by atoms with Crippen molar-refractivity contribution in [3.63, 3.8) is 0 Å². The highest BCUT2D eigenvalue weighted by Gasteiger charge is 2.13. The van der Waals surface area contributed by atoms with Gasteiger partial charge in [0.1, 0.15) is 0 Å². The van der Waals surface area contributed by atoms with E-state index in [2.05, 4.69) is 42.4 Å². The Morgan fingerprint density at radius 1 is 1.44 bits per heavy atom. The number of hydrogen-bond acceptors (Lipinski definition) is 3. The number of hydrogen-bond donors (Lipinski definition) is 2. The summed E-state index contributed by atoms with van der Waals surface area (Å²) in [6, 6.07) is 7.14. The standard InChI is InChI=1S/C15H24N2O/c1-12(7-9-18)16-11-13-5-6-15-14(10-13)4-3-8-17(15)2/h5-6,10,12,16,18H,3-4,7-9,11H2,1-2H3. The molecule has 1 aliphatic heterocycles. The highest BCUT2D eigenvalue weighted by Crippen LogP contribution is 2.26. The number of benzene rings is 1. The summed E-state index contributed by atoms with van der Waals surface area (Å²) >= 11 is 0. The fourth-order valence-electron chi connectivity index (χ4n) is 2.54. The third-order valence-electron chi connectivity index (χ3n) is 3.71. The van der Waals surface area contributed by atoms with Gasteiger partial charge in [-0.2, -0.15) is 0 Å². The van der Waals surface area contributed by atoms with Crippen molar-refractivity contribution in [1.82, 2.24) is 5.32 Å². The maximum Gasteiger partial charge on any atom is 0.0445 e. The van der Waals surface area contributed by atoms with Gasteiger partial charge in [0, 0.05) is 38.5 Å². The summed E-state index contributed by atoms with van der Waals surface area (Å²) in [5, 5.41) is 12.3. The minimum Gasteiger partial charge on any atom is -0.396 e. The fraction of sp³-hybridized carbons (Fsp3) is 0.600. The van der Waals surface area contributed by atoms with Crippen molar-refractivity contribution in [2.24, 2.45) is 0 Å². The van der Waals surface area contributed by atoms with Gasteiger partial charge >= 0.3 is 0 Å². The summed E-state index contributed by atoms with van der Waals surface area (Å²) < 4.78 is 0. The van der Waals surface area contributed by atoms with Crippen LogP contribution in [0.3, 0.4) is 0 Å². The van der Waals surface area contributed by atoms with E-state index in [1.54, 1.807) is 0 Å². The fourth-order valence-corrected chi connectivity index (χ4v) is 2.54. The maximum atomic E-state index is 8.88. The highest BCUT2D eigenvalue weighted by molar-refractivity contribution is 5.56. The molecule has 0 saturated heterocycles. The van der Waals surface area contributed by atoms with Crippen LogP contribution < -0.4 is 10.2 Å². The molecule has 1 heterocycles. The minimum atomic E-state index is 0.253. The number of nitrogens with zero attached hydrogens (tertiary/aromatic N) is 1. The zero-order valence-electron chi connectivity index (χ0n) is 11.4. The average Bonchev–Trinajstić information content (AvgIpc) is 2.37. The highest BCUT2D eigenvalue weighted by atomic mass is 16.3. The minimum absolute atomic E-state index is 0.253. The van der Waals surface area contributed by atoms with Crippen LogP contribution in [0.5, 0.6) is 0 Å². The number of aliphatic hydroxyl groups is 1. The zero-order chi connectivity index (χ0) is 13.0. The summed E-state index contributed by atoms with van der Waals surface area (Å²) in [4.78, 5) is 2.34. The van der Waals surface area contributed by atoms with E-state index in [-0.39, 0.29) is 6.61 Å². The van der Waals surface area contributed by atoms with Crippen molar-refractivity contribution in [2.75, 3.05) is 25.1 Å². The van der Waals surface area contributed by atoms with Gasteiger partial charge in [-0.1, -0.05) is 12.1 Å². The second kappa shape index (κ2) is 6.21. The quantitative estimate of drug-likeness (QED) is 0.836. The predicted octanol–water partition coefficient (Wildman–Crippen LogP) is 1.93. The molecular formula is C15H24N2O. The van der Waals surface area contributed by atoms with Crippen LogP contribution in [0.1, 0.15) is 30.9 Å². The molecule has 18 heavy (non-hydrogen) atoms. The largest absolute Gasteiger partial charge is 0.396 e. The van der Waals surface area contributed by atoms with E-state index in [1.165, 1.54) is 29.7 Å². The molecule has 0 fully saturated rings. The molecule has 1 atom stereocenters. The van der Waals surface area contributed by atoms with Gasteiger partial charge < -0.3 is 15.3 Å². The molecule has 0 amide bonds. The molecule has 1 aliphatic rings. The molecule has 2 N–H and O–H groups in total. The van der Waals surface area contributed by atoms with Crippen LogP contribution in [0.15, 0.2) is 18.2 Å². The van der Waals surface area contributed by atoms with E-state index in [9.17, 15) is 0 Å². The molecule has 0 aromatic heterocycles. The van der Waals surface area contributed by atoms with Crippen LogP contribution in [0.2, 0.25) is 0 Å². The van der Waals surface area contributed by atoms with Crippen LogP contribution in [0.4, 0.5) is 5.69 Å². The van der Waals surface area contributed by atoms with Gasteiger partial charge in [-0.3, -0.25) is 0 Å². The Kier molecular flexibility index (Phi) is 4.61. The second-order valence-electron chi connectivity index (χ2n) is 5.28. The SMILES string of the molecule is CC(CCO)NCc1ccc2c(c1)CCCN2C. The van der Waals surface area contributed by atoms with Crippen molar-refractivity contribution in [3.05, 3.63) is 29.3 Å². The molecule has 2 rings (SSSR count). The molecule has 0 bridgehead atoms. The first-order valence-corrected chi connectivity index (χ1v) is 6.88. The van der Waals surface area contributed by atoms with Crippen molar-refractivity contribution in [3.8, 4) is 0 Å². The molecule has 1 aromatic rings. The predicted molar refractivity (Wildman–Crippen MR) is 76.0 cm³/mol. The first-order chi connectivity index (χ1) is 8.70. The van der Waals surface area contributed by atoms with Crippen LogP contribution in [-0.2, 0) is 13.0 Å². The third-order valence-corrected chi connectivity index (χ3v) is 3.71. The van der Waals surface area contributed by atoms with Crippen molar-refractivity contribution in [1.29, 1.82) is 0 Å². The first-order valence-electron chi connectivity index (χ1n) is 6.88. The lowest BCUT2D eigenvalue weighted by Gasteiger charge is -2.28. The number of nitrogens with one attached hydrogen (secondary N) is 1. The molecular weight excluding hydrogens is 224 g/mol. The van der Waals surface area contributed by atoms with Gasteiger partial charge in [0.25, 0.3) is 0 Å². The maximum absolute atomic E-state index is 8.88. The van der Waals surface area contributed by atoms with Gasteiger partial charge in [0.2, 0.25) is 0 Å². The summed E-state index contributed by atoms with van der Waals surface area (Å²) in [5.41, 5.74) is 4.19.